The lowest BCUT2D eigenvalue weighted by Gasteiger charge is -2.18. The number of aryl methyl sites for hydroxylation is 1. The fourth-order valence-corrected chi connectivity index (χ4v) is 2.20. The van der Waals surface area contributed by atoms with E-state index in [9.17, 15) is 4.79 Å². The Morgan fingerprint density at radius 3 is 2.14 bits per heavy atom. The Balaban J connectivity index is 2.13. The molecule has 110 valence electrons. The molecule has 0 heterocycles. The quantitative estimate of drug-likeness (QED) is 0.900. The maximum atomic E-state index is 12.5. The van der Waals surface area contributed by atoms with Crippen molar-refractivity contribution < 1.29 is 4.79 Å². The summed E-state index contributed by atoms with van der Waals surface area (Å²) in [6.45, 7) is 5.04. The highest BCUT2D eigenvalue weighted by Crippen LogP contribution is 2.18. The zero-order chi connectivity index (χ0) is 15.2. The van der Waals surface area contributed by atoms with Crippen molar-refractivity contribution in [2.45, 2.75) is 20.3 Å². The summed E-state index contributed by atoms with van der Waals surface area (Å²) in [7, 11) is 1.81. The van der Waals surface area contributed by atoms with Crippen molar-refractivity contribution in [3.63, 3.8) is 0 Å². The second-order valence-electron chi connectivity index (χ2n) is 4.99. The van der Waals surface area contributed by atoms with E-state index in [0.717, 1.165) is 24.3 Å². The molecule has 0 aromatic heterocycles. The van der Waals surface area contributed by atoms with E-state index in [0.29, 0.717) is 5.56 Å². The summed E-state index contributed by atoms with van der Waals surface area (Å²) >= 11 is 0. The summed E-state index contributed by atoms with van der Waals surface area (Å²) in [5.41, 5.74) is 3.91. The van der Waals surface area contributed by atoms with Gasteiger partial charge in [-0.1, -0.05) is 19.1 Å². The molecule has 0 aliphatic heterocycles. The van der Waals surface area contributed by atoms with Crippen LogP contribution in [-0.2, 0) is 6.42 Å². The maximum Gasteiger partial charge on any atom is 0.258 e. The number of carbonyl (C=O) groups excluding carboxylic acids is 1. The molecular weight excluding hydrogens is 260 g/mol. The lowest BCUT2D eigenvalue weighted by molar-refractivity contribution is 0.0993. The number of benzene rings is 2. The Morgan fingerprint density at radius 2 is 1.62 bits per heavy atom. The average Bonchev–Trinajstić information content (AvgIpc) is 2.54. The molecule has 0 unspecified atom stereocenters. The number of hydrogen-bond donors (Lipinski definition) is 1. The normalized spacial score (nSPS) is 10.2. The van der Waals surface area contributed by atoms with E-state index in [1.165, 1.54) is 5.56 Å². The van der Waals surface area contributed by atoms with Crippen molar-refractivity contribution in [1.82, 2.24) is 0 Å². The molecule has 0 aliphatic rings. The molecule has 2 rings (SSSR count). The SMILES string of the molecule is CCNc1ccc(C(=O)N(C)c2ccc(CC)cc2)cc1. The molecule has 1 N–H and O–H groups in total. The number of amides is 1. The molecule has 21 heavy (non-hydrogen) atoms. The van der Waals surface area contributed by atoms with Gasteiger partial charge in [0.2, 0.25) is 0 Å². The van der Waals surface area contributed by atoms with Crippen LogP contribution in [-0.4, -0.2) is 19.5 Å². The second kappa shape index (κ2) is 6.93. The third kappa shape index (κ3) is 3.63. The minimum absolute atomic E-state index is 0.00213. The van der Waals surface area contributed by atoms with Gasteiger partial charge in [0.15, 0.2) is 0 Å². The lowest BCUT2D eigenvalue weighted by Crippen LogP contribution is -2.26. The van der Waals surface area contributed by atoms with E-state index < -0.39 is 0 Å². The molecule has 0 fully saturated rings. The van der Waals surface area contributed by atoms with Crippen molar-refractivity contribution in [1.29, 1.82) is 0 Å². The van der Waals surface area contributed by atoms with Gasteiger partial charge < -0.3 is 10.2 Å². The Kier molecular flexibility index (Phi) is 4.99. The topological polar surface area (TPSA) is 32.3 Å². The lowest BCUT2D eigenvalue weighted by atomic mass is 10.1. The summed E-state index contributed by atoms with van der Waals surface area (Å²) in [6.07, 6.45) is 1.00. The molecule has 0 saturated carbocycles. The molecule has 0 bridgehead atoms. The van der Waals surface area contributed by atoms with Gasteiger partial charge >= 0.3 is 0 Å². The van der Waals surface area contributed by atoms with Crippen molar-refractivity contribution in [2.24, 2.45) is 0 Å². The van der Waals surface area contributed by atoms with Gasteiger partial charge in [0, 0.05) is 30.5 Å². The molecule has 3 heteroatoms. The van der Waals surface area contributed by atoms with Gasteiger partial charge in [0.25, 0.3) is 5.91 Å². The fourth-order valence-electron chi connectivity index (χ4n) is 2.20. The first-order valence-electron chi connectivity index (χ1n) is 7.36. The Bertz CT molecular complexity index is 588. The van der Waals surface area contributed by atoms with Crippen molar-refractivity contribution in [3.8, 4) is 0 Å². The molecule has 3 nitrogen and oxygen atoms in total. The third-order valence-corrected chi connectivity index (χ3v) is 3.55. The van der Waals surface area contributed by atoms with E-state index in [-0.39, 0.29) is 5.91 Å². The molecular formula is C18H22N2O. The number of rotatable bonds is 5. The Hall–Kier alpha value is -2.29. The second-order valence-corrected chi connectivity index (χ2v) is 4.99. The first-order valence-corrected chi connectivity index (χ1v) is 7.36. The smallest absolute Gasteiger partial charge is 0.258 e. The minimum atomic E-state index is 0.00213. The molecule has 0 radical (unpaired) electrons. The first-order chi connectivity index (χ1) is 10.2. The summed E-state index contributed by atoms with van der Waals surface area (Å²) in [5.74, 6) is 0.00213. The molecule has 1 amide bonds. The predicted molar refractivity (Wildman–Crippen MR) is 89.2 cm³/mol. The highest BCUT2D eigenvalue weighted by atomic mass is 16.2. The van der Waals surface area contributed by atoms with Crippen LogP contribution in [0.5, 0.6) is 0 Å². The first kappa shape index (κ1) is 15.1. The van der Waals surface area contributed by atoms with Gasteiger partial charge in [-0.25, -0.2) is 0 Å². The number of nitrogens with one attached hydrogen (secondary N) is 1. The van der Waals surface area contributed by atoms with Gasteiger partial charge in [0.05, 0.1) is 0 Å². The summed E-state index contributed by atoms with van der Waals surface area (Å²) in [6, 6.07) is 15.7. The van der Waals surface area contributed by atoms with Crippen LogP contribution < -0.4 is 10.2 Å². The van der Waals surface area contributed by atoms with Crippen LogP contribution in [0.3, 0.4) is 0 Å². The van der Waals surface area contributed by atoms with Gasteiger partial charge in [-0.2, -0.15) is 0 Å². The zero-order valence-corrected chi connectivity index (χ0v) is 12.9. The zero-order valence-electron chi connectivity index (χ0n) is 12.9. The van der Waals surface area contributed by atoms with Crippen LogP contribution in [0.15, 0.2) is 48.5 Å². The van der Waals surface area contributed by atoms with Crippen LogP contribution in [0.2, 0.25) is 0 Å². The van der Waals surface area contributed by atoms with Crippen LogP contribution >= 0.6 is 0 Å². The van der Waals surface area contributed by atoms with Crippen LogP contribution in [0, 0.1) is 0 Å². The van der Waals surface area contributed by atoms with Crippen molar-refractivity contribution in [2.75, 3.05) is 23.8 Å². The van der Waals surface area contributed by atoms with Gasteiger partial charge in [-0.05, 0) is 55.3 Å². The average molecular weight is 282 g/mol. The minimum Gasteiger partial charge on any atom is -0.385 e. The monoisotopic (exact) mass is 282 g/mol. The van der Waals surface area contributed by atoms with Crippen molar-refractivity contribution in [3.05, 3.63) is 59.7 Å². The fraction of sp³-hybridized carbons (Fsp3) is 0.278. The molecule has 0 aliphatic carbocycles. The molecule has 2 aromatic rings. The van der Waals surface area contributed by atoms with Crippen LogP contribution in [0.25, 0.3) is 0 Å². The standard InChI is InChI=1S/C18H22N2O/c1-4-14-6-12-17(13-7-14)20(3)18(21)15-8-10-16(11-9-15)19-5-2/h6-13,19H,4-5H2,1-3H3. The molecule has 0 saturated heterocycles. The summed E-state index contributed by atoms with van der Waals surface area (Å²) < 4.78 is 0. The van der Waals surface area contributed by atoms with E-state index >= 15 is 0 Å². The Morgan fingerprint density at radius 1 is 1.00 bits per heavy atom. The summed E-state index contributed by atoms with van der Waals surface area (Å²) in [4.78, 5) is 14.2. The third-order valence-electron chi connectivity index (χ3n) is 3.55. The van der Waals surface area contributed by atoms with E-state index in [4.69, 9.17) is 0 Å². The number of hydrogen-bond acceptors (Lipinski definition) is 2. The van der Waals surface area contributed by atoms with E-state index in [2.05, 4.69) is 24.4 Å². The molecule has 0 atom stereocenters. The van der Waals surface area contributed by atoms with Gasteiger partial charge in [-0.3, -0.25) is 4.79 Å². The highest BCUT2D eigenvalue weighted by Gasteiger charge is 2.13. The van der Waals surface area contributed by atoms with E-state index in [1.54, 1.807) is 4.90 Å². The van der Waals surface area contributed by atoms with E-state index in [1.807, 2.05) is 50.4 Å². The number of anilines is 2. The Labute approximate surface area is 126 Å². The van der Waals surface area contributed by atoms with Crippen LogP contribution in [0.4, 0.5) is 11.4 Å². The number of carbonyl (C=O) groups is 1. The largest absolute Gasteiger partial charge is 0.385 e. The van der Waals surface area contributed by atoms with Crippen molar-refractivity contribution >= 4 is 17.3 Å². The van der Waals surface area contributed by atoms with Crippen LogP contribution in [0.1, 0.15) is 29.8 Å². The molecule has 2 aromatic carbocycles. The van der Waals surface area contributed by atoms with Gasteiger partial charge in [0.1, 0.15) is 0 Å². The van der Waals surface area contributed by atoms with Gasteiger partial charge in [-0.15, -0.1) is 0 Å². The number of nitrogens with zero attached hydrogens (tertiary/aromatic N) is 1. The summed E-state index contributed by atoms with van der Waals surface area (Å²) in [5, 5.41) is 3.22. The highest BCUT2D eigenvalue weighted by molar-refractivity contribution is 6.05. The maximum absolute atomic E-state index is 12.5. The molecule has 0 spiro atoms. The predicted octanol–water partition coefficient (Wildman–Crippen LogP) is 3.96.